The van der Waals surface area contributed by atoms with Crippen LogP contribution in [0.25, 0.3) is 0 Å². The van der Waals surface area contributed by atoms with Crippen molar-refractivity contribution in [2.45, 2.75) is 90.0 Å². The third kappa shape index (κ3) is 3.02. The molecule has 0 heterocycles. The number of carbonyl (C=O) groups is 3. The number of esters is 2. The molecule has 7 heteroatoms. The average Bonchev–Trinajstić information content (AvgIpc) is 2.97. The van der Waals surface area contributed by atoms with Gasteiger partial charge in [0.2, 0.25) is 0 Å². The zero-order chi connectivity index (χ0) is 21.9. The number of hydrogen-bond donors (Lipinski definition) is 1. The minimum absolute atomic E-state index is 0.0174. The molecule has 0 saturated heterocycles. The zero-order valence-electron chi connectivity index (χ0n) is 18.1. The maximum Gasteiger partial charge on any atom is 0.302 e. The van der Waals surface area contributed by atoms with Crippen LogP contribution in [0.4, 0.5) is 4.39 Å². The monoisotopic (exact) mass is 424 g/mol. The maximum absolute atomic E-state index is 14.3. The highest BCUT2D eigenvalue weighted by Crippen LogP contribution is 2.67. The van der Waals surface area contributed by atoms with Gasteiger partial charge >= 0.3 is 11.9 Å². The van der Waals surface area contributed by atoms with Crippen molar-refractivity contribution in [3.8, 4) is 0 Å². The molecular formula is C23H33FO6. The predicted octanol–water partition coefficient (Wildman–Crippen LogP) is 3.14. The number of ether oxygens (including phenoxy) is 2. The van der Waals surface area contributed by atoms with E-state index in [4.69, 9.17) is 9.47 Å². The first-order chi connectivity index (χ1) is 14.0. The van der Waals surface area contributed by atoms with Crippen molar-refractivity contribution in [1.29, 1.82) is 0 Å². The first-order valence-corrected chi connectivity index (χ1v) is 11.2. The smallest absolute Gasteiger partial charge is 0.302 e. The van der Waals surface area contributed by atoms with Crippen molar-refractivity contribution in [2.24, 2.45) is 28.6 Å². The summed E-state index contributed by atoms with van der Waals surface area (Å²) in [5, 5.41) is 11.6. The summed E-state index contributed by atoms with van der Waals surface area (Å²) in [6.45, 7) is 4.85. The number of halogens is 1. The Morgan fingerprint density at radius 3 is 2.50 bits per heavy atom. The Balaban J connectivity index is 1.71. The molecule has 0 aromatic rings. The molecule has 0 spiro atoms. The minimum atomic E-state index is -1.79. The molecule has 4 saturated carbocycles. The molecule has 0 radical (unpaired) electrons. The summed E-state index contributed by atoms with van der Waals surface area (Å²) in [5.74, 6) is -0.888. The molecule has 30 heavy (non-hydrogen) atoms. The van der Waals surface area contributed by atoms with Crippen molar-refractivity contribution in [3.63, 3.8) is 0 Å². The Hall–Kier alpha value is -1.50. The number of carbonyl (C=O) groups excluding carboxylic acids is 3. The summed E-state index contributed by atoms with van der Waals surface area (Å²) >= 11 is 0. The van der Waals surface area contributed by atoms with Gasteiger partial charge in [0, 0.05) is 37.5 Å². The number of rotatable bonds is 3. The van der Waals surface area contributed by atoms with Gasteiger partial charge in [0.25, 0.3) is 0 Å². The average molecular weight is 425 g/mol. The Morgan fingerprint density at radius 2 is 1.83 bits per heavy atom. The lowest BCUT2D eigenvalue weighted by Crippen LogP contribution is -2.69. The molecule has 4 rings (SSSR count). The van der Waals surface area contributed by atoms with Crippen LogP contribution in [0.2, 0.25) is 0 Å². The van der Waals surface area contributed by atoms with E-state index in [1.54, 1.807) is 0 Å². The number of fused-ring (bicyclic) bond motifs is 5. The van der Waals surface area contributed by atoms with Crippen LogP contribution in [0.15, 0.2) is 0 Å². The van der Waals surface area contributed by atoms with Crippen LogP contribution < -0.4 is 0 Å². The number of ketones is 1. The van der Waals surface area contributed by atoms with Crippen molar-refractivity contribution in [1.82, 2.24) is 0 Å². The van der Waals surface area contributed by atoms with Crippen molar-refractivity contribution >= 4 is 17.7 Å². The van der Waals surface area contributed by atoms with Crippen LogP contribution in [0.1, 0.15) is 72.1 Å². The molecule has 0 bridgehead atoms. The topological polar surface area (TPSA) is 89.9 Å². The van der Waals surface area contributed by atoms with E-state index in [1.807, 2.05) is 0 Å². The SMILES string of the molecule is CC(=O)OC[C@]12CC[C@H](F)C[C@@]1(O)C(=O)C[C@H]1[C@@H]3CC[C@H](OC(C)=O)[C@@]3(C)CC[C@@H]12. The van der Waals surface area contributed by atoms with Gasteiger partial charge in [-0.1, -0.05) is 6.92 Å². The molecule has 6 nitrogen and oxygen atoms in total. The molecule has 8 atom stereocenters. The predicted molar refractivity (Wildman–Crippen MR) is 105 cm³/mol. The second kappa shape index (κ2) is 7.28. The Labute approximate surface area is 176 Å². The fourth-order valence-electron chi connectivity index (χ4n) is 7.65. The molecule has 0 unspecified atom stereocenters. The summed E-state index contributed by atoms with van der Waals surface area (Å²) in [4.78, 5) is 36.6. The lowest BCUT2D eigenvalue weighted by molar-refractivity contribution is -0.230. The fourth-order valence-corrected chi connectivity index (χ4v) is 7.65. The second-order valence-corrected chi connectivity index (χ2v) is 10.4. The molecule has 168 valence electrons. The third-order valence-electron chi connectivity index (χ3n) is 9.03. The van der Waals surface area contributed by atoms with Gasteiger partial charge in [0.15, 0.2) is 5.78 Å². The van der Waals surface area contributed by atoms with Gasteiger partial charge in [-0.2, -0.15) is 0 Å². The lowest BCUT2D eigenvalue weighted by atomic mass is 9.43. The van der Waals surface area contributed by atoms with Gasteiger partial charge in [0.05, 0.1) is 0 Å². The Morgan fingerprint density at radius 1 is 1.10 bits per heavy atom. The molecule has 0 aromatic heterocycles. The van der Waals surface area contributed by atoms with Crippen LogP contribution in [0.3, 0.4) is 0 Å². The first-order valence-electron chi connectivity index (χ1n) is 11.2. The van der Waals surface area contributed by atoms with Crippen molar-refractivity contribution in [2.75, 3.05) is 6.61 Å². The van der Waals surface area contributed by atoms with E-state index >= 15 is 0 Å². The molecule has 0 aliphatic heterocycles. The van der Waals surface area contributed by atoms with Crippen LogP contribution in [-0.2, 0) is 23.9 Å². The van der Waals surface area contributed by atoms with Gasteiger partial charge in [0.1, 0.15) is 24.5 Å². The number of hydrogen-bond acceptors (Lipinski definition) is 6. The standard InChI is InChI=1S/C23H33FO6/c1-13(25)29-12-22-9-6-15(24)11-23(22,28)19(27)10-16-17-4-5-20(30-14(2)26)21(17,3)8-7-18(16)22/h15-18,20,28H,4-12H2,1-3H3/t15-,16-,17-,18-,20-,21-,22-,23+/m0/s1. The van der Waals surface area contributed by atoms with Crippen molar-refractivity contribution < 1.29 is 33.4 Å². The van der Waals surface area contributed by atoms with E-state index in [0.29, 0.717) is 6.42 Å². The van der Waals surface area contributed by atoms with E-state index < -0.39 is 23.2 Å². The normalized spacial score (nSPS) is 47.6. The van der Waals surface area contributed by atoms with Crippen LogP contribution in [0.5, 0.6) is 0 Å². The van der Waals surface area contributed by atoms with Crippen LogP contribution >= 0.6 is 0 Å². The van der Waals surface area contributed by atoms with E-state index in [-0.39, 0.29) is 66.9 Å². The molecule has 0 aromatic carbocycles. The molecule has 4 fully saturated rings. The maximum atomic E-state index is 14.3. The molecule has 4 aliphatic rings. The summed E-state index contributed by atoms with van der Waals surface area (Å²) in [6.07, 6.45) is 2.38. The zero-order valence-corrected chi connectivity index (χ0v) is 18.1. The summed E-state index contributed by atoms with van der Waals surface area (Å²) in [7, 11) is 0. The quantitative estimate of drug-likeness (QED) is 0.700. The molecule has 1 N–H and O–H groups in total. The number of Topliss-reactive ketones (excluding diaryl/α,β-unsaturated/α-hetero) is 1. The fraction of sp³-hybridized carbons (Fsp3) is 0.870. The molecule has 4 aliphatic carbocycles. The van der Waals surface area contributed by atoms with Crippen molar-refractivity contribution in [3.05, 3.63) is 0 Å². The number of aliphatic hydroxyl groups is 1. The highest BCUT2D eigenvalue weighted by molar-refractivity contribution is 5.90. The second-order valence-electron chi connectivity index (χ2n) is 10.4. The first kappa shape index (κ1) is 21.7. The van der Waals surface area contributed by atoms with E-state index in [2.05, 4.69) is 6.92 Å². The van der Waals surface area contributed by atoms with Crippen LogP contribution in [-0.4, -0.2) is 47.3 Å². The largest absolute Gasteiger partial charge is 0.465 e. The molecule has 0 amide bonds. The highest BCUT2D eigenvalue weighted by Gasteiger charge is 2.70. The Bertz CT molecular complexity index is 754. The van der Waals surface area contributed by atoms with Gasteiger partial charge in [-0.25, -0.2) is 4.39 Å². The summed E-state index contributed by atoms with van der Waals surface area (Å²) in [6, 6.07) is 0. The molecular weight excluding hydrogens is 391 g/mol. The van der Waals surface area contributed by atoms with Gasteiger partial charge in [-0.05, 0) is 56.3 Å². The van der Waals surface area contributed by atoms with Gasteiger partial charge in [-0.3, -0.25) is 14.4 Å². The van der Waals surface area contributed by atoms with Crippen LogP contribution in [0, 0.1) is 28.6 Å². The minimum Gasteiger partial charge on any atom is -0.465 e. The summed E-state index contributed by atoms with van der Waals surface area (Å²) in [5.41, 5.74) is -2.94. The third-order valence-corrected chi connectivity index (χ3v) is 9.03. The number of alkyl halides is 1. The van der Waals surface area contributed by atoms with E-state index in [0.717, 1.165) is 25.7 Å². The highest BCUT2D eigenvalue weighted by atomic mass is 19.1. The Kier molecular flexibility index (Phi) is 5.27. The lowest BCUT2D eigenvalue weighted by Gasteiger charge is -2.63. The van der Waals surface area contributed by atoms with E-state index in [1.165, 1.54) is 13.8 Å². The summed E-state index contributed by atoms with van der Waals surface area (Å²) < 4.78 is 25.4. The van der Waals surface area contributed by atoms with Gasteiger partial charge in [-0.15, -0.1) is 0 Å². The van der Waals surface area contributed by atoms with Gasteiger partial charge < -0.3 is 14.6 Å². The van der Waals surface area contributed by atoms with E-state index in [9.17, 15) is 23.9 Å².